The van der Waals surface area contributed by atoms with Gasteiger partial charge in [-0.2, -0.15) is 0 Å². The molecular weight excluding hydrogens is 358 g/mol. The number of carbonyl (C=O) groups is 3. The van der Waals surface area contributed by atoms with Gasteiger partial charge < -0.3 is 15.4 Å². The molecule has 0 aromatic heterocycles. The Hall–Kier alpha value is -1.18. The van der Waals surface area contributed by atoms with Crippen LogP contribution in [0.2, 0.25) is 0 Å². The number of likely N-dealkylation sites (tertiary alicyclic amines) is 2. The number of rotatable bonds is 6. The molecule has 0 radical (unpaired) electrons. The molecule has 1 aliphatic carbocycles. The van der Waals surface area contributed by atoms with Gasteiger partial charge >= 0.3 is 0 Å². The lowest BCUT2D eigenvalue weighted by molar-refractivity contribution is -0.147. The Bertz CT molecular complexity index is 499. The highest BCUT2D eigenvalue weighted by Crippen LogP contribution is 2.37. The first-order chi connectivity index (χ1) is 12.1. The number of imide groups is 1. The topological polar surface area (TPSA) is 92.9 Å². The number of ether oxygens (including phenoxy) is 1. The molecule has 0 aromatic rings. The largest absolute Gasteiger partial charge is 0.378 e. The molecule has 2 unspecified atom stereocenters. The lowest BCUT2D eigenvalue weighted by Gasteiger charge is -2.32. The number of amides is 3. The molecule has 2 heterocycles. The molecule has 26 heavy (non-hydrogen) atoms. The molecule has 0 spiro atoms. The minimum Gasteiger partial charge on any atom is -0.378 e. The van der Waals surface area contributed by atoms with Gasteiger partial charge in [0.2, 0.25) is 17.7 Å². The van der Waals surface area contributed by atoms with Gasteiger partial charge in [-0.3, -0.25) is 19.3 Å². The van der Waals surface area contributed by atoms with Gasteiger partial charge in [0, 0.05) is 19.7 Å². The average Bonchev–Trinajstić information content (AvgIpc) is 2.88. The maximum Gasteiger partial charge on any atom is 0.242 e. The van der Waals surface area contributed by atoms with Crippen LogP contribution in [0.3, 0.4) is 0 Å². The van der Waals surface area contributed by atoms with Crippen molar-refractivity contribution in [2.24, 2.45) is 17.6 Å². The second-order valence-electron chi connectivity index (χ2n) is 7.35. The molecule has 0 bridgehead atoms. The maximum absolute atomic E-state index is 12.5. The van der Waals surface area contributed by atoms with Crippen molar-refractivity contribution in [3.05, 3.63) is 0 Å². The third kappa shape index (κ3) is 4.56. The third-order valence-corrected chi connectivity index (χ3v) is 5.72. The van der Waals surface area contributed by atoms with E-state index < -0.39 is 0 Å². The zero-order chi connectivity index (χ0) is 17.8. The Morgan fingerprint density at radius 1 is 1.04 bits per heavy atom. The number of piperidine rings is 1. The molecular formula is C18H30ClN3O4. The summed E-state index contributed by atoms with van der Waals surface area (Å²) >= 11 is 0. The Morgan fingerprint density at radius 3 is 2.15 bits per heavy atom. The van der Waals surface area contributed by atoms with Crippen LogP contribution in [-0.4, -0.2) is 66.4 Å². The quantitative estimate of drug-likeness (QED) is 0.540. The standard InChI is InChI=1S/C18H29N3O4.ClH/c19-8-3-11-25-13-6-9-20(10-7-13)16(22)12-21-17(23)14-4-1-2-5-15(14)18(21)24;/h13-15H,1-12,19H2;1H. The smallest absolute Gasteiger partial charge is 0.242 e. The molecule has 1 saturated carbocycles. The van der Waals surface area contributed by atoms with E-state index in [1.54, 1.807) is 4.90 Å². The lowest BCUT2D eigenvalue weighted by Crippen LogP contribution is -2.47. The summed E-state index contributed by atoms with van der Waals surface area (Å²) in [6.45, 7) is 2.43. The zero-order valence-corrected chi connectivity index (χ0v) is 16.0. The van der Waals surface area contributed by atoms with Crippen LogP contribution in [0.15, 0.2) is 0 Å². The SMILES string of the molecule is Cl.NCCCOC1CCN(C(=O)CN2C(=O)C3CCCCC3C2=O)CC1. The van der Waals surface area contributed by atoms with Crippen LogP contribution in [0.1, 0.15) is 44.9 Å². The monoisotopic (exact) mass is 387 g/mol. The van der Waals surface area contributed by atoms with Crippen molar-refractivity contribution < 1.29 is 19.1 Å². The van der Waals surface area contributed by atoms with Gasteiger partial charge in [-0.15, -0.1) is 12.4 Å². The lowest BCUT2D eigenvalue weighted by atomic mass is 9.81. The fourth-order valence-electron chi connectivity index (χ4n) is 4.23. The van der Waals surface area contributed by atoms with Crippen molar-refractivity contribution in [3.63, 3.8) is 0 Å². The third-order valence-electron chi connectivity index (χ3n) is 5.72. The summed E-state index contributed by atoms with van der Waals surface area (Å²) in [6.07, 6.45) is 6.18. The molecule has 3 amide bonds. The Balaban J connectivity index is 0.00000243. The van der Waals surface area contributed by atoms with E-state index in [2.05, 4.69) is 0 Å². The van der Waals surface area contributed by atoms with Crippen LogP contribution in [-0.2, 0) is 19.1 Å². The Kier molecular flexibility index (Phi) is 7.85. The number of nitrogens with zero attached hydrogens (tertiary/aromatic N) is 2. The van der Waals surface area contributed by atoms with Crippen molar-refractivity contribution in [2.75, 3.05) is 32.8 Å². The predicted octanol–water partition coefficient (Wildman–Crippen LogP) is 0.940. The highest BCUT2D eigenvalue weighted by molar-refractivity contribution is 6.07. The van der Waals surface area contributed by atoms with Crippen molar-refractivity contribution in [1.82, 2.24) is 9.80 Å². The van der Waals surface area contributed by atoms with E-state index >= 15 is 0 Å². The van der Waals surface area contributed by atoms with Gasteiger partial charge in [-0.05, 0) is 38.6 Å². The predicted molar refractivity (Wildman–Crippen MR) is 98.6 cm³/mol. The summed E-state index contributed by atoms with van der Waals surface area (Å²) in [6, 6.07) is 0. The van der Waals surface area contributed by atoms with Crippen molar-refractivity contribution in [1.29, 1.82) is 0 Å². The van der Waals surface area contributed by atoms with Gasteiger partial charge in [0.25, 0.3) is 0 Å². The van der Waals surface area contributed by atoms with Gasteiger partial charge in [0.1, 0.15) is 6.54 Å². The van der Waals surface area contributed by atoms with E-state index in [1.807, 2.05) is 0 Å². The number of halogens is 1. The van der Waals surface area contributed by atoms with Crippen LogP contribution in [0.4, 0.5) is 0 Å². The summed E-state index contributed by atoms with van der Waals surface area (Å²) in [4.78, 5) is 40.5. The zero-order valence-electron chi connectivity index (χ0n) is 15.2. The molecule has 3 fully saturated rings. The van der Waals surface area contributed by atoms with E-state index in [-0.39, 0.29) is 54.6 Å². The Labute approximate surface area is 161 Å². The first-order valence-electron chi connectivity index (χ1n) is 9.56. The average molecular weight is 388 g/mol. The summed E-state index contributed by atoms with van der Waals surface area (Å²) in [5, 5.41) is 0. The minimum atomic E-state index is -0.185. The molecule has 0 aromatic carbocycles. The minimum absolute atomic E-state index is 0. The summed E-state index contributed by atoms with van der Waals surface area (Å²) in [7, 11) is 0. The normalized spacial score (nSPS) is 26.7. The molecule has 7 nitrogen and oxygen atoms in total. The van der Waals surface area contributed by atoms with Crippen molar-refractivity contribution in [3.8, 4) is 0 Å². The van der Waals surface area contributed by atoms with Crippen molar-refractivity contribution in [2.45, 2.75) is 51.0 Å². The van der Waals surface area contributed by atoms with E-state index in [0.717, 1.165) is 44.9 Å². The molecule has 148 valence electrons. The fourth-order valence-corrected chi connectivity index (χ4v) is 4.23. The van der Waals surface area contributed by atoms with E-state index in [0.29, 0.717) is 26.2 Å². The first-order valence-corrected chi connectivity index (χ1v) is 9.56. The van der Waals surface area contributed by atoms with Gasteiger partial charge in [-0.25, -0.2) is 0 Å². The second-order valence-corrected chi connectivity index (χ2v) is 7.35. The van der Waals surface area contributed by atoms with E-state index in [1.165, 1.54) is 4.90 Å². The van der Waals surface area contributed by atoms with Crippen LogP contribution >= 0.6 is 12.4 Å². The number of carbonyl (C=O) groups excluding carboxylic acids is 3. The summed E-state index contributed by atoms with van der Waals surface area (Å²) in [5.41, 5.74) is 5.46. The first kappa shape index (κ1) is 21.1. The summed E-state index contributed by atoms with van der Waals surface area (Å²) < 4.78 is 5.75. The van der Waals surface area contributed by atoms with Crippen LogP contribution in [0, 0.1) is 11.8 Å². The van der Waals surface area contributed by atoms with Gasteiger partial charge in [0.05, 0.1) is 17.9 Å². The molecule has 2 atom stereocenters. The number of fused-ring (bicyclic) bond motifs is 1. The molecule has 2 N–H and O–H groups in total. The number of nitrogens with two attached hydrogens (primary N) is 1. The molecule has 8 heteroatoms. The van der Waals surface area contributed by atoms with Crippen LogP contribution < -0.4 is 5.73 Å². The Morgan fingerprint density at radius 2 is 1.62 bits per heavy atom. The van der Waals surface area contributed by atoms with Crippen molar-refractivity contribution >= 4 is 30.1 Å². The number of hydrogen-bond donors (Lipinski definition) is 1. The molecule has 2 aliphatic heterocycles. The summed E-state index contributed by atoms with van der Waals surface area (Å²) in [5.74, 6) is -0.765. The van der Waals surface area contributed by atoms with Gasteiger partial charge in [0.15, 0.2) is 0 Å². The second kappa shape index (κ2) is 9.67. The van der Waals surface area contributed by atoms with Crippen LogP contribution in [0.25, 0.3) is 0 Å². The van der Waals surface area contributed by atoms with Gasteiger partial charge in [-0.1, -0.05) is 12.8 Å². The fraction of sp³-hybridized carbons (Fsp3) is 0.833. The van der Waals surface area contributed by atoms with E-state index in [4.69, 9.17) is 10.5 Å². The van der Waals surface area contributed by atoms with E-state index in [9.17, 15) is 14.4 Å². The molecule has 3 aliphatic rings. The highest BCUT2D eigenvalue weighted by atomic mass is 35.5. The highest BCUT2D eigenvalue weighted by Gasteiger charge is 2.48. The number of hydrogen-bond acceptors (Lipinski definition) is 5. The maximum atomic E-state index is 12.5. The van der Waals surface area contributed by atoms with Crippen LogP contribution in [0.5, 0.6) is 0 Å². The molecule has 3 rings (SSSR count). The molecule has 2 saturated heterocycles.